The summed E-state index contributed by atoms with van der Waals surface area (Å²) in [5.41, 5.74) is 19.6. The molecule has 0 radical (unpaired) electrons. The van der Waals surface area contributed by atoms with Crippen molar-refractivity contribution in [3.63, 3.8) is 0 Å². The van der Waals surface area contributed by atoms with E-state index >= 15 is 0 Å². The van der Waals surface area contributed by atoms with Crippen LogP contribution >= 0.6 is 0 Å². The topological polar surface area (TPSA) is 12.5 Å². The molecule has 2 heteroatoms. The van der Waals surface area contributed by atoms with E-state index in [9.17, 15) is 0 Å². The number of hydrogen-bond acceptors (Lipinski definition) is 2. The second kappa shape index (κ2) is 13.2. The Balaban J connectivity index is 1.15. The van der Waals surface area contributed by atoms with Gasteiger partial charge >= 0.3 is 0 Å². The fourth-order valence-electron chi connectivity index (χ4n) is 10.0. The zero-order valence-electron chi connectivity index (χ0n) is 32.2. The molecule has 1 heterocycles. The standard InChI is InChI=1S/C57H37NO/c1-2-16-38(17-3-1)43-20-9-14-28-54(43)58(41-33-35-56-49(36-41)45-22-7-6-21-44(45)48-24-10-15-29-55(48)59-56)42-32-34-47-46-23-8-13-27-52(46)57(53(47)37-42)50-25-11-4-18-39(50)30-31-40-19-5-12-26-51(40)57/h1-37H. The quantitative estimate of drug-likeness (QED) is 0.178. The number of para-hydroxylation sites is 2. The number of ether oxygens (including phenoxy) is 1. The van der Waals surface area contributed by atoms with Gasteiger partial charge in [-0.3, -0.25) is 0 Å². The molecular formula is C57H37NO. The van der Waals surface area contributed by atoms with Crippen LogP contribution in [0.4, 0.5) is 17.1 Å². The Morgan fingerprint density at radius 3 is 1.58 bits per heavy atom. The van der Waals surface area contributed by atoms with Crippen molar-refractivity contribution in [2.24, 2.45) is 0 Å². The third-order valence-electron chi connectivity index (χ3n) is 12.5. The number of rotatable bonds is 4. The summed E-state index contributed by atoms with van der Waals surface area (Å²) >= 11 is 0. The summed E-state index contributed by atoms with van der Waals surface area (Å²) in [5.74, 6) is 1.70. The van der Waals surface area contributed by atoms with Gasteiger partial charge in [0.2, 0.25) is 0 Å². The molecule has 0 N–H and O–H groups in total. The molecule has 9 aromatic carbocycles. The molecule has 0 aromatic heterocycles. The molecular weight excluding hydrogens is 715 g/mol. The molecule has 9 aromatic rings. The van der Waals surface area contributed by atoms with Crippen molar-refractivity contribution in [3.8, 4) is 56.0 Å². The highest BCUT2D eigenvalue weighted by molar-refractivity contribution is 5.97. The summed E-state index contributed by atoms with van der Waals surface area (Å²) in [6.45, 7) is 0. The number of hydrogen-bond donors (Lipinski definition) is 0. The third-order valence-corrected chi connectivity index (χ3v) is 12.5. The third kappa shape index (κ3) is 5.00. The van der Waals surface area contributed by atoms with Crippen LogP contribution in [0.5, 0.6) is 11.5 Å². The lowest BCUT2D eigenvalue weighted by Crippen LogP contribution is -2.30. The summed E-state index contributed by atoms with van der Waals surface area (Å²) < 4.78 is 6.75. The van der Waals surface area contributed by atoms with Gasteiger partial charge in [-0.15, -0.1) is 0 Å². The van der Waals surface area contributed by atoms with Gasteiger partial charge in [0.15, 0.2) is 0 Å². The predicted molar refractivity (Wildman–Crippen MR) is 244 cm³/mol. The maximum atomic E-state index is 6.75. The Hall–Kier alpha value is -7.68. The van der Waals surface area contributed by atoms with Crippen molar-refractivity contribution in [2.45, 2.75) is 5.41 Å². The molecule has 0 bridgehead atoms. The second-order valence-electron chi connectivity index (χ2n) is 15.6. The molecule has 276 valence electrons. The SMILES string of the molecule is C1=Cc2ccccc2C2(c3ccccc31)c1ccccc1-c1ccc(N(c3ccc4c(c3)-c3ccccc3-c3ccccc3O4)c3ccccc3-c3ccccc3)cc12. The number of nitrogens with zero attached hydrogens (tertiary/aromatic N) is 1. The van der Waals surface area contributed by atoms with Crippen LogP contribution in [0.1, 0.15) is 33.4 Å². The minimum atomic E-state index is -0.546. The lowest BCUT2D eigenvalue weighted by Gasteiger charge is -2.36. The van der Waals surface area contributed by atoms with Crippen LogP contribution in [0.15, 0.2) is 212 Å². The van der Waals surface area contributed by atoms with E-state index in [1.54, 1.807) is 0 Å². The lowest BCUT2D eigenvalue weighted by atomic mass is 9.66. The Bertz CT molecular complexity index is 3110. The summed E-state index contributed by atoms with van der Waals surface area (Å²) in [7, 11) is 0. The molecule has 59 heavy (non-hydrogen) atoms. The van der Waals surface area contributed by atoms with Crippen molar-refractivity contribution in [3.05, 3.63) is 246 Å². The Kier molecular flexibility index (Phi) is 7.48. The van der Waals surface area contributed by atoms with Gasteiger partial charge in [-0.05, 0) is 104 Å². The first-order valence-electron chi connectivity index (χ1n) is 20.3. The highest BCUT2D eigenvalue weighted by atomic mass is 16.5. The summed E-state index contributed by atoms with van der Waals surface area (Å²) in [6, 6.07) is 77.3. The van der Waals surface area contributed by atoms with E-state index in [2.05, 4.69) is 223 Å². The molecule has 2 aliphatic carbocycles. The van der Waals surface area contributed by atoms with E-state index in [-0.39, 0.29) is 0 Å². The molecule has 2 nitrogen and oxygen atoms in total. The first kappa shape index (κ1) is 33.5. The average Bonchev–Trinajstić information content (AvgIpc) is 3.40. The zero-order valence-corrected chi connectivity index (χ0v) is 32.2. The van der Waals surface area contributed by atoms with Gasteiger partial charge in [0, 0.05) is 28.1 Å². The normalized spacial score (nSPS) is 13.3. The monoisotopic (exact) mass is 751 g/mol. The fourth-order valence-corrected chi connectivity index (χ4v) is 10.0. The van der Waals surface area contributed by atoms with Crippen molar-refractivity contribution in [2.75, 3.05) is 4.90 Å². The molecule has 0 unspecified atom stereocenters. The zero-order chi connectivity index (χ0) is 38.9. The Labute approximate surface area is 344 Å². The molecule has 1 aliphatic heterocycles. The first-order valence-corrected chi connectivity index (χ1v) is 20.3. The van der Waals surface area contributed by atoms with Crippen LogP contribution in [0.25, 0.3) is 56.7 Å². The highest BCUT2D eigenvalue weighted by Crippen LogP contribution is 2.60. The molecule has 3 aliphatic rings. The minimum absolute atomic E-state index is 0.546. The van der Waals surface area contributed by atoms with Gasteiger partial charge in [0.05, 0.1) is 11.1 Å². The van der Waals surface area contributed by atoms with Crippen molar-refractivity contribution in [1.82, 2.24) is 0 Å². The summed E-state index contributed by atoms with van der Waals surface area (Å²) in [4.78, 5) is 2.45. The number of benzene rings is 9. The molecule has 0 saturated heterocycles. The van der Waals surface area contributed by atoms with Gasteiger partial charge in [0.1, 0.15) is 11.5 Å². The molecule has 0 amide bonds. The lowest BCUT2D eigenvalue weighted by molar-refractivity contribution is 0.488. The maximum Gasteiger partial charge on any atom is 0.135 e. The van der Waals surface area contributed by atoms with Crippen LogP contribution in [0.2, 0.25) is 0 Å². The first-order chi connectivity index (χ1) is 29.3. The fraction of sp³-hybridized carbons (Fsp3) is 0.0175. The van der Waals surface area contributed by atoms with Crippen LogP contribution in [0.3, 0.4) is 0 Å². The van der Waals surface area contributed by atoms with Crippen molar-refractivity contribution in [1.29, 1.82) is 0 Å². The van der Waals surface area contributed by atoms with E-state index < -0.39 is 5.41 Å². The average molecular weight is 752 g/mol. The molecule has 0 saturated carbocycles. The number of fused-ring (bicyclic) bond motifs is 14. The van der Waals surface area contributed by atoms with Gasteiger partial charge in [-0.25, -0.2) is 0 Å². The van der Waals surface area contributed by atoms with E-state index in [4.69, 9.17) is 4.74 Å². The largest absolute Gasteiger partial charge is 0.456 e. The van der Waals surface area contributed by atoms with Gasteiger partial charge in [-0.1, -0.05) is 182 Å². The smallest absolute Gasteiger partial charge is 0.135 e. The van der Waals surface area contributed by atoms with Crippen molar-refractivity contribution >= 4 is 29.2 Å². The van der Waals surface area contributed by atoms with E-state index in [0.717, 1.165) is 61.9 Å². The van der Waals surface area contributed by atoms with Gasteiger partial charge < -0.3 is 9.64 Å². The van der Waals surface area contributed by atoms with E-state index in [1.165, 1.54) is 44.5 Å². The molecule has 0 atom stereocenters. The van der Waals surface area contributed by atoms with Gasteiger partial charge in [0.25, 0.3) is 0 Å². The van der Waals surface area contributed by atoms with E-state index in [1.807, 2.05) is 6.07 Å². The van der Waals surface area contributed by atoms with Crippen LogP contribution in [-0.4, -0.2) is 0 Å². The summed E-state index contributed by atoms with van der Waals surface area (Å²) in [6.07, 6.45) is 4.59. The van der Waals surface area contributed by atoms with E-state index in [0.29, 0.717) is 0 Å². The van der Waals surface area contributed by atoms with Gasteiger partial charge in [-0.2, -0.15) is 0 Å². The molecule has 12 rings (SSSR count). The predicted octanol–water partition coefficient (Wildman–Crippen LogP) is 15.1. The van der Waals surface area contributed by atoms with Crippen LogP contribution in [0, 0.1) is 0 Å². The van der Waals surface area contributed by atoms with Crippen molar-refractivity contribution < 1.29 is 4.74 Å². The molecule has 1 spiro atoms. The Morgan fingerprint density at radius 2 is 0.831 bits per heavy atom. The molecule has 0 fully saturated rings. The summed E-state index contributed by atoms with van der Waals surface area (Å²) in [5, 5.41) is 0. The van der Waals surface area contributed by atoms with Crippen LogP contribution < -0.4 is 9.64 Å². The highest BCUT2D eigenvalue weighted by Gasteiger charge is 2.48. The maximum absolute atomic E-state index is 6.75. The Morgan fingerprint density at radius 1 is 0.322 bits per heavy atom. The number of anilines is 3. The second-order valence-corrected chi connectivity index (χ2v) is 15.6. The van der Waals surface area contributed by atoms with Crippen LogP contribution in [-0.2, 0) is 5.41 Å². The minimum Gasteiger partial charge on any atom is -0.456 e.